The molecular weight excluding hydrogens is 364 g/mol. The zero-order valence-corrected chi connectivity index (χ0v) is 17.3. The van der Waals surface area contributed by atoms with Crippen molar-refractivity contribution in [3.8, 4) is 0 Å². The molecule has 1 saturated carbocycles. The standard InChI is InChI=1S/C22H30N6O/c1-16-14-20(24-22(23-16)17-6-7-17)27-11-8-26(9-12-27)10-13-28-21(29)15-18-4-2-3-5-19(18)25-28/h14-15,17H,2-13H2,1H3. The molecule has 154 valence electrons. The monoisotopic (exact) mass is 394 g/mol. The maximum absolute atomic E-state index is 12.4. The second-order valence-electron chi connectivity index (χ2n) is 8.71. The zero-order chi connectivity index (χ0) is 19.8. The SMILES string of the molecule is Cc1cc(N2CCN(CCn3nc4c(cc3=O)CCCC4)CC2)nc(C2CC2)n1. The summed E-state index contributed by atoms with van der Waals surface area (Å²) in [5, 5.41) is 4.65. The van der Waals surface area contributed by atoms with Gasteiger partial charge >= 0.3 is 0 Å². The van der Waals surface area contributed by atoms with E-state index in [1.165, 1.54) is 25.7 Å². The van der Waals surface area contributed by atoms with E-state index in [4.69, 9.17) is 4.98 Å². The fourth-order valence-corrected chi connectivity index (χ4v) is 4.46. The number of hydrogen-bond acceptors (Lipinski definition) is 6. The van der Waals surface area contributed by atoms with Crippen LogP contribution in [0.5, 0.6) is 0 Å². The van der Waals surface area contributed by atoms with Crippen molar-refractivity contribution in [1.29, 1.82) is 0 Å². The van der Waals surface area contributed by atoms with Gasteiger partial charge in [0.05, 0.1) is 12.2 Å². The minimum Gasteiger partial charge on any atom is -0.354 e. The van der Waals surface area contributed by atoms with Crippen molar-refractivity contribution in [1.82, 2.24) is 24.6 Å². The van der Waals surface area contributed by atoms with Gasteiger partial charge in [-0.25, -0.2) is 14.6 Å². The highest BCUT2D eigenvalue weighted by molar-refractivity contribution is 5.41. The first-order valence-corrected chi connectivity index (χ1v) is 11.1. The molecule has 2 aromatic rings. The minimum absolute atomic E-state index is 0.0494. The Hall–Kier alpha value is -2.28. The Bertz CT molecular complexity index is 943. The molecule has 2 aliphatic carbocycles. The maximum Gasteiger partial charge on any atom is 0.267 e. The molecule has 1 aliphatic heterocycles. The van der Waals surface area contributed by atoms with Crippen molar-refractivity contribution in [3.05, 3.63) is 45.3 Å². The molecular formula is C22H30N6O. The zero-order valence-electron chi connectivity index (χ0n) is 17.3. The van der Waals surface area contributed by atoms with Crippen LogP contribution >= 0.6 is 0 Å². The van der Waals surface area contributed by atoms with E-state index in [1.54, 1.807) is 4.68 Å². The van der Waals surface area contributed by atoms with Crippen molar-refractivity contribution in [2.24, 2.45) is 0 Å². The highest BCUT2D eigenvalue weighted by atomic mass is 16.1. The van der Waals surface area contributed by atoms with Crippen LogP contribution in [0.4, 0.5) is 5.82 Å². The Kier molecular flexibility index (Phi) is 5.08. The van der Waals surface area contributed by atoms with Gasteiger partial charge in [-0.05, 0) is 51.0 Å². The van der Waals surface area contributed by atoms with Crippen LogP contribution in [0, 0.1) is 6.92 Å². The van der Waals surface area contributed by atoms with Crippen LogP contribution in [0.15, 0.2) is 16.9 Å². The third kappa shape index (κ3) is 4.20. The molecule has 1 saturated heterocycles. The third-order valence-corrected chi connectivity index (χ3v) is 6.40. The molecule has 3 heterocycles. The lowest BCUT2D eigenvalue weighted by molar-refractivity contribution is 0.241. The quantitative estimate of drug-likeness (QED) is 0.772. The largest absolute Gasteiger partial charge is 0.354 e. The summed E-state index contributed by atoms with van der Waals surface area (Å²) in [5.74, 6) is 2.68. The second-order valence-corrected chi connectivity index (χ2v) is 8.71. The number of rotatable bonds is 5. The molecule has 0 amide bonds. The van der Waals surface area contributed by atoms with Crippen LogP contribution in [0.25, 0.3) is 0 Å². The van der Waals surface area contributed by atoms with Crippen LogP contribution in [-0.2, 0) is 19.4 Å². The number of piperazine rings is 1. The number of hydrogen-bond donors (Lipinski definition) is 0. The van der Waals surface area contributed by atoms with E-state index in [9.17, 15) is 4.79 Å². The molecule has 7 heteroatoms. The van der Waals surface area contributed by atoms with Crippen LogP contribution in [0.2, 0.25) is 0 Å². The molecule has 5 rings (SSSR count). The number of nitrogens with zero attached hydrogens (tertiary/aromatic N) is 6. The van der Waals surface area contributed by atoms with E-state index in [-0.39, 0.29) is 5.56 Å². The molecule has 0 unspecified atom stereocenters. The maximum atomic E-state index is 12.4. The van der Waals surface area contributed by atoms with Gasteiger partial charge in [0.15, 0.2) is 0 Å². The molecule has 0 aromatic carbocycles. The summed E-state index contributed by atoms with van der Waals surface area (Å²) in [6.07, 6.45) is 6.84. The predicted molar refractivity (Wildman–Crippen MR) is 113 cm³/mol. The number of aromatic nitrogens is 4. The first-order valence-electron chi connectivity index (χ1n) is 11.1. The summed E-state index contributed by atoms with van der Waals surface area (Å²) in [6, 6.07) is 3.92. The highest BCUT2D eigenvalue weighted by Crippen LogP contribution is 2.38. The number of fused-ring (bicyclic) bond motifs is 1. The molecule has 7 nitrogen and oxygen atoms in total. The van der Waals surface area contributed by atoms with Crippen LogP contribution < -0.4 is 10.5 Å². The normalized spacial score (nSPS) is 20.0. The van der Waals surface area contributed by atoms with Gasteiger partial charge < -0.3 is 4.90 Å². The number of aryl methyl sites for hydroxylation is 3. The molecule has 3 aliphatic rings. The lowest BCUT2D eigenvalue weighted by Crippen LogP contribution is -2.48. The van der Waals surface area contributed by atoms with Gasteiger partial charge in [-0.3, -0.25) is 9.69 Å². The van der Waals surface area contributed by atoms with E-state index in [1.807, 2.05) is 6.07 Å². The first kappa shape index (κ1) is 18.7. The second kappa shape index (κ2) is 7.86. The minimum atomic E-state index is 0.0494. The average molecular weight is 395 g/mol. The lowest BCUT2D eigenvalue weighted by atomic mass is 9.97. The van der Waals surface area contributed by atoms with Crippen LogP contribution in [0.3, 0.4) is 0 Å². The topological polar surface area (TPSA) is 67.2 Å². The molecule has 0 radical (unpaired) electrons. The van der Waals surface area contributed by atoms with Gasteiger partial charge in [0.25, 0.3) is 5.56 Å². The Morgan fingerprint density at radius 1 is 1.00 bits per heavy atom. The van der Waals surface area contributed by atoms with Gasteiger partial charge in [-0.1, -0.05) is 0 Å². The smallest absolute Gasteiger partial charge is 0.267 e. The van der Waals surface area contributed by atoms with Crippen molar-refractivity contribution in [2.75, 3.05) is 37.6 Å². The Labute approximate surface area is 171 Å². The van der Waals surface area contributed by atoms with Gasteiger partial charge in [-0.2, -0.15) is 5.10 Å². The summed E-state index contributed by atoms with van der Waals surface area (Å²) in [5.41, 5.74) is 3.41. The average Bonchev–Trinajstić information content (AvgIpc) is 3.58. The van der Waals surface area contributed by atoms with Gasteiger partial charge in [0.2, 0.25) is 0 Å². The van der Waals surface area contributed by atoms with Gasteiger partial charge in [0.1, 0.15) is 11.6 Å². The van der Waals surface area contributed by atoms with E-state index in [2.05, 4.69) is 32.9 Å². The fraction of sp³-hybridized carbons (Fsp3) is 0.636. The Morgan fingerprint density at radius 2 is 1.79 bits per heavy atom. The van der Waals surface area contributed by atoms with Crippen LogP contribution in [-0.4, -0.2) is 57.4 Å². The summed E-state index contributed by atoms with van der Waals surface area (Å²) >= 11 is 0. The molecule has 0 bridgehead atoms. The van der Waals surface area contributed by atoms with Gasteiger partial charge in [-0.15, -0.1) is 0 Å². The van der Waals surface area contributed by atoms with E-state index in [0.29, 0.717) is 12.5 Å². The van der Waals surface area contributed by atoms with E-state index >= 15 is 0 Å². The lowest BCUT2D eigenvalue weighted by Gasteiger charge is -2.35. The summed E-state index contributed by atoms with van der Waals surface area (Å²) in [7, 11) is 0. The summed E-state index contributed by atoms with van der Waals surface area (Å²) < 4.78 is 1.67. The van der Waals surface area contributed by atoms with Crippen molar-refractivity contribution >= 4 is 5.82 Å². The Morgan fingerprint density at radius 3 is 2.59 bits per heavy atom. The summed E-state index contributed by atoms with van der Waals surface area (Å²) in [4.78, 5) is 26.6. The Balaban J connectivity index is 1.18. The van der Waals surface area contributed by atoms with Crippen molar-refractivity contribution < 1.29 is 0 Å². The fourth-order valence-electron chi connectivity index (χ4n) is 4.46. The third-order valence-electron chi connectivity index (χ3n) is 6.40. The number of anilines is 1. The van der Waals surface area contributed by atoms with Crippen LogP contribution in [0.1, 0.15) is 54.4 Å². The van der Waals surface area contributed by atoms with E-state index < -0.39 is 0 Å². The molecule has 0 spiro atoms. The van der Waals surface area contributed by atoms with E-state index in [0.717, 1.165) is 74.2 Å². The molecule has 29 heavy (non-hydrogen) atoms. The highest BCUT2D eigenvalue weighted by Gasteiger charge is 2.28. The molecule has 2 fully saturated rings. The molecule has 0 atom stereocenters. The molecule has 0 N–H and O–H groups in total. The van der Waals surface area contributed by atoms with Gasteiger partial charge in [0, 0.05) is 56.5 Å². The summed E-state index contributed by atoms with van der Waals surface area (Å²) in [6.45, 7) is 7.51. The van der Waals surface area contributed by atoms with Crippen molar-refractivity contribution in [2.45, 2.75) is 57.9 Å². The molecule has 2 aromatic heterocycles. The first-order chi connectivity index (χ1) is 14.2. The van der Waals surface area contributed by atoms with Crippen molar-refractivity contribution in [3.63, 3.8) is 0 Å². The predicted octanol–water partition coefficient (Wildman–Crippen LogP) is 1.92.